The number of aryl methyl sites for hydroxylation is 2. The summed E-state index contributed by atoms with van der Waals surface area (Å²) in [6.45, 7) is 5.62. The quantitative estimate of drug-likeness (QED) is 0.725. The molecule has 1 nitrogen and oxygen atoms in total. The van der Waals surface area contributed by atoms with Crippen LogP contribution in [0.15, 0.2) is 18.2 Å². The van der Waals surface area contributed by atoms with E-state index in [0.717, 1.165) is 6.04 Å². The lowest BCUT2D eigenvalue weighted by Gasteiger charge is -2.09. The zero-order chi connectivity index (χ0) is 10.7. The molecule has 0 bridgehead atoms. The summed E-state index contributed by atoms with van der Waals surface area (Å²) >= 11 is 0. The average molecular weight is 203 g/mol. The third kappa shape index (κ3) is 3.07. The Labute approximate surface area is 92.9 Å². The maximum Gasteiger partial charge on any atom is 0.00682 e. The van der Waals surface area contributed by atoms with Crippen LogP contribution >= 0.6 is 0 Å². The van der Waals surface area contributed by atoms with Crippen LogP contribution in [0.1, 0.15) is 36.0 Å². The molecule has 1 aromatic rings. The number of benzene rings is 1. The van der Waals surface area contributed by atoms with Gasteiger partial charge in [0, 0.05) is 6.04 Å². The van der Waals surface area contributed by atoms with Gasteiger partial charge in [0.2, 0.25) is 0 Å². The van der Waals surface area contributed by atoms with E-state index < -0.39 is 0 Å². The van der Waals surface area contributed by atoms with E-state index in [0.29, 0.717) is 0 Å². The monoisotopic (exact) mass is 203 g/mol. The average Bonchev–Trinajstić information content (AvgIpc) is 3.00. The molecule has 1 heteroatoms. The first-order chi connectivity index (χ1) is 7.27. The Balaban J connectivity index is 1.80. The van der Waals surface area contributed by atoms with Gasteiger partial charge in [0.1, 0.15) is 0 Å². The van der Waals surface area contributed by atoms with Crippen molar-refractivity contribution >= 4 is 0 Å². The first kappa shape index (κ1) is 10.7. The molecule has 15 heavy (non-hydrogen) atoms. The summed E-state index contributed by atoms with van der Waals surface area (Å²) in [5, 5.41) is 3.57. The van der Waals surface area contributed by atoms with Crippen LogP contribution in [0.25, 0.3) is 0 Å². The van der Waals surface area contributed by atoms with Crippen LogP contribution in [0.4, 0.5) is 0 Å². The fraction of sp³-hybridized carbons (Fsp3) is 0.571. The van der Waals surface area contributed by atoms with Crippen LogP contribution in [0, 0.1) is 13.8 Å². The van der Waals surface area contributed by atoms with Gasteiger partial charge >= 0.3 is 0 Å². The Bertz CT molecular complexity index is 306. The van der Waals surface area contributed by atoms with Gasteiger partial charge in [-0.25, -0.2) is 0 Å². The molecule has 1 aliphatic rings. The minimum absolute atomic E-state index is 0.850. The van der Waals surface area contributed by atoms with E-state index >= 15 is 0 Å². The highest BCUT2D eigenvalue weighted by molar-refractivity contribution is 5.33. The molecule has 0 radical (unpaired) electrons. The maximum absolute atomic E-state index is 3.57. The molecule has 0 aliphatic heterocycles. The van der Waals surface area contributed by atoms with Gasteiger partial charge in [-0.2, -0.15) is 0 Å². The summed E-state index contributed by atoms with van der Waals surface area (Å²) in [7, 11) is 0. The van der Waals surface area contributed by atoms with Gasteiger partial charge in [-0.3, -0.25) is 0 Å². The van der Waals surface area contributed by atoms with Crippen molar-refractivity contribution in [1.29, 1.82) is 0 Å². The summed E-state index contributed by atoms with van der Waals surface area (Å²) in [6, 6.07) is 7.44. The molecule has 0 unspecified atom stereocenters. The number of hydrogen-bond donors (Lipinski definition) is 1. The van der Waals surface area contributed by atoms with E-state index in [2.05, 4.69) is 37.4 Å². The van der Waals surface area contributed by atoms with E-state index in [9.17, 15) is 0 Å². The molecule has 1 N–H and O–H groups in total. The van der Waals surface area contributed by atoms with Crippen LogP contribution in [-0.4, -0.2) is 12.6 Å². The first-order valence-corrected chi connectivity index (χ1v) is 6.06. The van der Waals surface area contributed by atoms with Gasteiger partial charge in [-0.15, -0.1) is 0 Å². The molecule has 0 spiro atoms. The Morgan fingerprint density at radius 3 is 2.47 bits per heavy atom. The van der Waals surface area contributed by atoms with Crippen molar-refractivity contribution in [3.8, 4) is 0 Å². The molecular formula is C14H21N. The van der Waals surface area contributed by atoms with E-state index in [4.69, 9.17) is 0 Å². The Kier molecular flexibility index (Phi) is 3.42. The van der Waals surface area contributed by atoms with Crippen LogP contribution in [0.5, 0.6) is 0 Å². The minimum Gasteiger partial charge on any atom is -0.314 e. The van der Waals surface area contributed by atoms with Crippen molar-refractivity contribution in [3.05, 3.63) is 34.9 Å². The lowest BCUT2D eigenvalue weighted by atomic mass is 9.99. The predicted octanol–water partition coefficient (Wildman–Crippen LogP) is 2.99. The summed E-state index contributed by atoms with van der Waals surface area (Å²) in [6.07, 6.45) is 5.27. The highest BCUT2D eigenvalue weighted by atomic mass is 14.9. The molecule has 1 fully saturated rings. The fourth-order valence-electron chi connectivity index (χ4n) is 2.10. The van der Waals surface area contributed by atoms with Crippen molar-refractivity contribution in [3.63, 3.8) is 0 Å². The van der Waals surface area contributed by atoms with E-state index in [1.807, 2.05) is 0 Å². The van der Waals surface area contributed by atoms with Gasteiger partial charge in [-0.1, -0.05) is 18.2 Å². The molecule has 1 aromatic carbocycles. The standard InChI is InChI=1S/C14H21N/c1-11-5-3-6-12(2)14(11)7-4-10-15-13-8-9-13/h3,5-6,13,15H,4,7-10H2,1-2H3. The highest BCUT2D eigenvalue weighted by Crippen LogP contribution is 2.19. The third-order valence-electron chi connectivity index (χ3n) is 3.26. The summed E-state index contributed by atoms with van der Waals surface area (Å²) in [4.78, 5) is 0. The fourth-order valence-corrected chi connectivity index (χ4v) is 2.10. The summed E-state index contributed by atoms with van der Waals surface area (Å²) in [5.41, 5.74) is 4.44. The van der Waals surface area contributed by atoms with Gasteiger partial charge in [0.15, 0.2) is 0 Å². The SMILES string of the molecule is Cc1cccc(C)c1CCCNC1CC1. The van der Waals surface area contributed by atoms with Gasteiger partial charge in [0.05, 0.1) is 0 Å². The van der Waals surface area contributed by atoms with E-state index in [-0.39, 0.29) is 0 Å². The van der Waals surface area contributed by atoms with Gasteiger partial charge in [0.25, 0.3) is 0 Å². The second-order valence-electron chi connectivity index (χ2n) is 4.70. The Morgan fingerprint density at radius 1 is 1.20 bits per heavy atom. The highest BCUT2D eigenvalue weighted by Gasteiger charge is 2.19. The van der Waals surface area contributed by atoms with Crippen molar-refractivity contribution in [2.24, 2.45) is 0 Å². The largest absolute Gasteiger partial charge is 0.314 e. The number of rotatable bonds is 5. The molecule has 82 valence electrons. The van der Waals surface area contributed by atoms with Crippen LogP contribution in [-0.2, 0) is 6.42 Å². The zero-order valence-electron chi connectivity index (χ0n) is 9.84. The van der Waals surface area contributed by atoms with Crippen LogP contribution in [0.3, 0.4) is 0 Å². The molecular weight excluding hydrogens is 182 g/mol. The molecule has 0 atom stereocenters. The van der Waals surface area contributed by atoms with Gasteiger partial charge < -0.3 is 5.32 Å². The van der Waals surface area contributed by atoms with E-state index in [1.54, 1.807) is 5.56 Å². The molecule has 1 saturated carbocycles. The van der Waals surface area contributed by atoms with Crippen molar-refractivity contribution in [2.75, 3.05) is 6.54 Å². The van der Waals surface area contributed by atoms with Gasteiger partial charge in [-0.05, 0) is 62.8 Å². The molecule has 0 aromatic heterocycles. The van der Waals surface area contributed by atoms with Crippen molar-refractivity contribution in [2.45, 2.75) is 45.6 Å². The lowest BCUT2D eigenvalue weighted by Crippen LogP contribution is -2.18. The molecule has 2 rings (SSSR count). The molecule has 0 heterocycles. The van der Waals surface area contributed by atoms with Crippen LogP contribution in [0.2, 0.25) is 0 Å². The smallest absolute Gasteiger partial charge is 0.00682 e. The van der Waals surface area contributed by atoms with Crippen molar-refractivity contribution < 1.29 is 0 Å². The van der Waals surface area contributed by atoms with Crippen LogP contribution < -0.4 is 5.32 Å². The predicted molar refractivity (Wildman–Crippen MR) is 65.3 cm³/mol. The maximum atomic E-state index is 3.57. The number of hydrogen-bond acceptors (Lipinski definition) is 1. The lowest BCUT2D eigenvalue weighted by molar-refractivity contribution is 0.644. The third-order valence-corrected chi connectivity index (χ3v) is 3.26. The van der Waals surface area contributed by atoms with E-state index in [1.165, 1.54) is 43.4 Å². The van der Waals surface area contributed by atoms with Crippen molar-refractivity contribution in [1.82, 2.24) is 5.32 Å². The minimum atomic E-state index is 0.850. The topological polar surface area (TPSA) is 12.0 Å². The second kappa shape index (κ2) is 4.80. The number of nitrogens with one attached hydrogen (secondary N) is 1. The normalized spacial score (nSPS) is 15.6. The summed E-state index contributed by atoms with van der Waals surface area (Å²) in [5.74, 6) is 0. The Hall–Kier alpha value is -0.820. The first-order valence-electron chi connectivity index (χ1n) is 6.06. The molecule has 0 saturated heterocycles. The summed E-state index contributed by atoms with van der Waals surface area (Å²) < 4.78 is 0. The molecule has 1 aliphatic carbocycles. The Morgan fingerprint density at radius 2 is 1.87 bits per heavy atom. The molecule has 0 amide bonds. The zero-order valence-corrected chi connectivity index (χ0v) is 9.84. The second-order valence-corrected chi connectivity index (χ2v) is 4.70.